The molecule has 2 aromatic heterocycles. The number of halogens is 2. The van der Waals surface area contributed by atoms with Crippen molar-refractivity contribution in [3.8, 4) is 11.5 Å². The molecule has 150 valence electrons. The number of oxazole rings is 1. The summed E-state index contributed by atoms with van der Waals surface area (Å²) in [5.41, 5.74) is 1.51. The fourth-order valence-electron chi connectivity index (χ4n) is 3.42. The number of benzene rings is 1. The second-order valence-electron chi connectivity index (χ2n) is 7.08. The Balaban J connectivity index is 1.35. The average molecular weight is 415 g/mol. The Labute approximate surface area is 172 Å². The normalized spacial score (nSPS) is 17.2. The number of carbonyl (C=O) groups excluding carboxylic acids is 1. The monoisotopic (exact) mass is 414 g/mol. The largest absolute Gasteiger partial charge is 0.444 e. The molecular weight excluding hydrogens is 395 g/mol. The summed E-state index contributed by atoms with van der Waals surface area (Å²) in [6, 6.07) is 9.41. The van der Waals surface area contributed by atoms with Gasteiger partial charge in [0.2, 0.25) is 11.8 Å². The van der Waals surface area contributed by atoms with Crippen LogP contribution in [0.15, 0.2) is 53.3 Å². The average Bonchev–Trinajstić information content (AvgIpc) is 3.19. The Bertz CT molecular complexity index is 975. The van der Waals surface area contributed by atoms with E-state index in [0.717, 1.165) is 30.6 Å². The van der Waals surface area contributed by atoms with Gasteiger partial charge in [-0.2, -0.15) is 0 Å². The van der Waals surface area contributed by atoms with Crippen molar-refractivity contribution in [1.82, 2.24) is 14.9 Å². The Morgan fingerprint density at radius 3 is 2.86 bits per heavy atom. The fourth-order valence-corrected chi connectivity index (χ4v) is 3.54. The van der Waals surface area contributed by atoms with Crippen molar-refractivity contribution in [1.29, 1.82) is 0 Å². The minimum absolute atomic E-state index is 0.0447. The third-order valence-corrected chi connectivity index (χ3v) is 5.11. The van der Waals surface area contributed by atoms with E-state index < -0.39 is 0 Å². The zero-order chi connectivity index (χ0) is 20.2. The second-order valence-corrected chi connectivity index (χ2v) is 7.51. The highest BCUT2D eigenvalue weighted by molar-refractivity contribution is 6.30. The number of nitrogens with one attached hydrogen (secondary N) is 1. The molecule has 8 heteroatoms. The molecule has 3 aromatic rings. The van der Waals surface area contributed by atoms with Crippen molar-refractivity contribution < 1.29 is 13.6 Å². The molecule has 0 unspecified atom stereocenters. The molecule has 1 amide bonds. The molecule has 0 bridgehead atoms. The molecule has 1 aliphatic heterocycles. The first kappa shape index (κ1) is 19.5. The van der Waals surface area contributed by atoms with E-state index in [9.17, 15) is 9.18 Å². The highest BCUT2D eigenvalue weighted by Crippen LogP contribution is 2.23. The molecule has 1 aliphatic rings. The van der Waals surface area contributed by atoms with E-state index in [-0.39, 0.29) is 17.6 Å². The zero-order valence-electron chi connectivity index (χ0n) is 15.6. The topological polar surface area (TPSA) is 71.3 Å². The van der Waals surface area contributed by atoms with Crippen LogP contribution in [0, 0.1) is 11.7 Å². The SMILES string of the molecule is O=C(Nc1ccc(Cl)cn1)[C@@H]1CCCN(Cc2coc(-c3ccc(F)cc3)n2)C1. The summed E-state index contributed by atoms with van der Waals surface area (Å²) in [7, 11) is 0. The Kier molecular flexibility index (Phi) is 5.87. The van der Waals surface area contributed by atoms with Gasteiger partial charge in [-0.05, 0) is 55.8 Å². The first-order valence-electron chi connectivity index (χ1n) is 9.42. The summed E-state index contributed by atoms with van der Waals surface area (Å²) in [5, 5.41) is 3.38. The third kappa shape index (κ3) is 4.99. The summed E-state index contributed by atoms with van der Waals surface area (Å²) in [4.78, 5) is 23.4. The number of carbonyl (C=O) groups is 1. The molecule has 29 heavy (non-hydrogen) atoms. The van der Waals surface area contributed by atoms with Gasteiger partial charge in [0.25, 0.3) is 0 Å². The lowest BCUT2D eigenvalue weighted by atomic mass is 9.97. The molecule has 3 heterocycles. The van der Waals surface area contributed by atoms with Crippen molar-refractivity contribution in [3.05, 3.63) is 65.4 Å². The number of pyridine rings is 1. The van der Waals surface area contributed by atoms with Gasteiger partial charge in [-0.15, -0.1) is 0 Å². The predicted molar refractivity (Wildman–Crippen MR) is 108 cm³/mol. The summed E-state index contributed by atoms with van der Waals surface area (Å²) in [6.45, 7) is 2.12. The molecule has 1 saturated heterocycles. The highest BCUT2D eigenvalue weighted by Gasteiger charge is 2.26. The van der Waals surface area contributed by atoms with Crippen molar-refractivity contribution >= 4 is 23.3 Å². The van der Waals surface area contributed by atoms with E-state index in [1.54, 1.807) is 30.5 Å². The van der Waals surface area contributed by atoms with Crippen LogP contribution in [0.5, 0.6) is 0 Å². The number of piperidine rings is 1. The standard InChI is InChI=1S/C21H20ClFN4O2/c22-16-5-8-19(24-10-16)26-20(28)15-2-1-9-27(11-15)12-18-13-29-21(25-18)14-3-6-17(23)7-4-14/h3-8,10,13,15H,1-2,9,11-12H2,(H,24,26,28)/t15-/m1/s1. The minimum Gasteiger partial charge on any atom is -0.444 e. The number of likely N-dealkylation sites (tertiary alicyclic amines) is 1. The summed E-state index contributed by atoms with van der Waals surface area (Å²) in [5.74, 6) is 0.491. The van der Waals surface area contributed by atoms with Gasteiger partial charge in [-0.25, -0.2) is 14.4 Å². The van der Waals surface area contributed by atoms with Gasteiger partial charge in [0, 0.05) is 24.8 Å². The molecule has 0 spiro atoms. The van der Waals surface area contributed by atoms with Crippen LogP contribution in [0.2, 0.25) is 5.02 Å². The van der Waals surface area contributed by atoms with E-state index in [1.165, 1.54) is 18.3 Å². The molecular formula is C21H20ClFN4O2. The summed E-state index contributed by atoms with van der Waals surface area (Å²) < 4.78 is 18.6. The van der Waals surface area contributed by atoms with Crippen LogP contribution in [0.25, 0.3) is 11.5 Å². The molecule has 1 aromatic carbocycles. The molecule has 0 saturated carbocycles. The number of rotatable bonds is 5. The van der Waals surface area contributed by atoms with Crippen molar-refractivity contribution in [3.63, 3.8) is 0 Å². The van der Waals surface area contributed by atoms with E-state index in [1.807, 2.05) is 0 Å². The summed E-state index contributed by atoms with van der Waals surface area (Å²) in [6.07, 6.45) is 4.87. The lowest BCUT2D eigenvalue weighted by Gasteiger charge is -2.31. The molecule has 1 N–H and O–H groups in total. The number of hydrogen-bond acceptors (Lipinski definition) is 5. The minimum atomic E-state index is -0.299. The van der Waals surface area contributed by atoms with E-state index in [4.69, 9.17) is 16.0 Å². The van der Waals surface area contributed by atoms with E-state index in [0.29, 0.717) is 29.8 Å². The maximum Gasteiger partial charge on any atom is 0.229 e. The van der Waals surface area contributed by atoms with Crippen LogP contribution >= 0.6 is 11.6 Å². The smallest absolute Gasteiger partial charge is 0.229 e. The van der Waals surface area contributed by atoms with E-state index >= 15 is 0 Å². The van der Waals surface area contributed by atoms with Gasteiger partial charge in [0.05, 0.1) is 16.6 Å². The van der Waals surface area contributed by atoms with Crippen LogP contribution in [0.1, 0.15) is 18.5 Å². The van der Waals surface area contributed by atoms with Crippen LogP contribution in [-0.4, -0.2) is 33.9 Å². The fraction of sp³-hybridized carbons (Fsp3) is 0.286. The lowest BCUT2D eigenvalue weighted by Crippen LogP contribution is -2.40. The van der Waals surface area contributed by atoms with Crippen LogP contribution in [0.3, 0.4) is 0 Å². The predicted octanol–water partition coefficient (Wildman–Crippen LogP) is 4.38. The van der Waals surface area contributed by atoms with Crippen molar-refractivity contribution in [2.45, 2.75) is 19.4 Å². The van der Waals surface area contributed by atoms with Gasteiger partial charge in [-0.1, -0.05) is 11.6 Å². The molecule has 0 radical (unpaired) electrons. The van der Waals surface area contributed by atoms with Crippen LogP contribution < -0.4 is 5.32 Å². The maximum atomic E-state index is 13.1. The Hall–Kier alpha value is -2.77. The first-order chi connectivity index (χ1) is 14.1. The first-order valence-corrected chi connectivity index (χ1v) is 9.80. The number of hydrogen-bond donors (Lipinski definition) is 1. The molecule has 1 atom stereocenters. The van der Waals surface area contributed by atoms with Crippen LogP contribution in [-0.2, 0) is 11.3 Å². The molecule has 0 aliphatic carbocycles. The van der Waals surface area contributed by atoms with Gasteiger partial charge in [-0.3, -0.25) is 9.69 Å². The number of nitrogens with zero attached hydrogens (tertiary/aromatic N) is 3. The quantitative estimate of drug-likeness (QED) is 0.670. The van der Waals surface area contributed by atoms with Gasteiger partial charge < -0.3 is 9.73 Å². The van der Waals surface area contributed by atoms with Gasteiger partial charge in [0.1, 0.15) is 17.9 Å². The second kappa shape index (κ2) is 8.71. The molecule has 6 nitrogen and oxygen atoms in total. The van der Waals surface area contributed by atoms with Crippen molar-refractivity contribution in [2.24, 2.45) is 5.92 Å². The third-order valence-electron chi connectivity index (χ3n) is 4.88. The van der Waals surface area contributed by atoms with Gasteiger partial charge >= 0.3 is 0 Å². The van der Waals surface area contributed by atoms with E-state index in [2.05, 4.69) is 20.2 Å². The number of anilines is 1. The number of amides is 1. The van der Waals surface area contributed by atoms with Crippen LogP contribution in [0.4, 0.5) is 10.2 Å². The van der Waals surface area contributed by atoms with Crippen molar-refractivity contribution in [2.75, 3.05) is 18.4 Å². The maximum absolute atomic E-state index is 13.1. The Morgan fingerprint density at radius 1 is 1.28 bits per heavy atom. The molecule has 1 fully saturated rings. The Morgan fingerprint density at radius 2 is 2.10 bits per heavy atom. The zero-order valence-corrected chi connectivity index (χ0v) is 16.4. The molecule has 4 rings (SSSR count). The van der Waals surface area contributed by atoms with Gasteiger partial charge in [0.15, 0.2) is 0 Å². The summed E-state index contributed by atoms with van der Waals surface area (Å²) >= 11 is 5.83. The highest BCUT2D eigenvalue weighted by atomic mass is 35.5. The lowest BCUT2D eigenvalue weighted by molar-refractivity contribution is -0.121. The number of aromatic nitrogens is 2.